The molecule has 1 atom stereocenters. The zero-order valence-electron chi connectivity index (χ0n) is 8.37. The van der Waals surface area contributed by atoms with Gasteiger partial charge in [0, 0.05) is 0 Å². The number of hydrogen-bond acceptors (Lipinski definition) is 2. The highest BCUT2D eigenvalue weighted by Gasteiger charge is 2.21. The SMILES string of the molecule is CC(C)CCCC(OC(F)F)C(=O)O. The van der Waals surface area contributed by atoms with E-state index in [9.17, 15) is 13.6 Å². The Balaban J connectivity index is 3.80. The first-order valence-electron chi connectivity index (χ1n) is 4.60. The van der Waals surface area contributed by atoms with E-state index in [0.29, 0.717) is 12.3 Å². The van der Waals surface area contributed by atoms with Crippen LogP contribution >= 0.6 is 0 Å². The van der Waals surface area contributed by atoms with Crippen LogP contribution in [0.1, 0.15) is 33.1 Å². The molecule has 5 heteroatoms. The second kappa shape index (κ2) is 6.70. The predicted octanol–water partition coefficient (Wildman–Crippen LogP) is 2.51. The number of aliphatic carboxylic acids is 1. The van der Waals surface area contributed by atoms with Gasteiger partial charge in [0.2, 0.25) is 0 Å². The predicted molar refractivity (Wildman–Crippen MR) is 47.2 cm³/mol. The summed E-state index contributed by atoms with van der Waals surface area (Å²) in [5.41, 5.74) is 0. The molecule has 0 aromatic heterocycles. The van der Waals surface area contributed by atoms with Crippen molar-refractivity contribution in [1.29, 1.82) is 0 Å². The number of halogens is 2. The van der Waals surface area contributed by atoms with Crippen LogP contribution in [0.5, 0.6) is 0 Å². The van der Waals surface area contributed by atoms with Crippen molar-refractivity contribution >= 4 is 5.97 Å². The first-order chi connectivity index (χ1) is 6.43. The van der Waals surface area contributed by atoms with Gasteiger partial charge >= 0.3 is 12.6 Å². The summed E-state index contributed by atoms with van der Waals surface area (Å²) in [6, 6.07) is 0. The van der Waals surface area contributed by atoms with Crippen LogP contribution in [0.3, 0.4) is 0 Å². The lowest BCUT2D eigenvalue weighted by Gasteiger charge is -2.13. The second-order valence-electron chi connectivity index (χ2n) is 3.55. The van der Waals surface area contributed by atoms with Gasteiger partial charge in [-0.1, -0.05) is 20.3 Å². The highest BCUT2D eigenvalue weighted by atomic mass is 19.3. The third-order valence-electron chi connectivity index (χ3n) is 1.79. The van der Waals surface area contributed by atoms with E-state index in [1.807, 2.05) is 13.8 Å². The number of carboxylic acid groups (broad SMARTS) is 1. The molecular formula is C9H16F2O3. The molecule has 0 aliphatic heterocycles. The first kappa shape index (κ1) is 13.3. The zero-order valence-corrected chi connectivity index (χ0v) is 8.37. The fourth-order valence-electron chi connectivity index (χ4n) is 1.09. The van der Waals surface area contributed by atoms with E-state index in [0.717, 1.165) is 6.42 Å². The van der Waals surface area contributed by atoms with Gasteiger partial charge in [-0.15, -0.1) is 0 Å². The molecule has 0 rings (SSSR count). The minimum atomic E-state index is -3.02. The molecule has 1 N–H and O–H groups in total. The Labute approximate surface area is 82.1 Å². The summed E-state index contributed by atoms with van der Waals surface area (Å²) >= 11 is 0. The number of carboxylic acids is 1. The van der Waals surface area contributed by atoms with Crippen molar-refractivity contribution < 1.29 is 23.4 Å². The molecule has 0 saturated heterocycles. The third-order valence-corrected chi connectivity index (χ3v) is 1.79. The van der Waals surface area contributed by atoms with E-state index in [-0.39, 0.29) is 6.42 Å². The van der Waals surface area contributed by atoms with Crippen molar-refractivity contribution in [3.05, 3.63) is 0 Å². The molecular weight excluding hydrogens is 194 g/mol. The van der Waals surface area contributed by atoms with Gasteiger partial charge in [0.25, 0.3) is 0 Å². The van der Waals surface area contributed by atoms with Crippen molar-refractivity contribution in [3.8, 4) is 0 Å². The van der Waals surface area contributed by atoms with Crippen LogP contribution in [-0.4, -0.2) is 23.8 Å². The molecule has 1 unspecified atom stereocenters. The van der Waals surface area contributed by atoms with Crippen molar-refractivity contribution in [2.24, 2.45) is 5.92 Å². The smallest absolute Gasteiger partial charge is 0.346 e. The van der Waals surface area contributed by atoms with Gasteiger partial charge in [0.1, 0.15) is 0 Å². The molecule has 0 saturated carbocycles. The Morgan fingerprint density at radius 1 is 1.36 bits per heavy atom. The average Bonchev–Trinajstić information content (AvgIpc) is 2.00. The second-order valence-corrected chi connectivity index (χ2v) is 3.55. The lowest BCUT2D eigenvalue weighted by Crippen LogP contribution is -2.26. The molecule has 0 spiro atoms. The van der Waals surface area contributed by atoms with Crippen LogP contribution < -0.4 is 0 Å². The quantitative estimate of drug-likeness (QED) is 0.702. The number of hydrogen-bond donors (Lipinski definition) is 1. The Morgan fingerprint density at radius 2 is 1.93 bits per heavy atom. The summed E-state index contributed by atoms with van der Waals surface area (Å²) in [6.07, 6.45) is 0.156. The molecule has 0 aromatic carbocycles. The van der Waals surface area contributed by atoms with E-state index >= 15 is 0 Å². The van der Waals surface area contributed by atoms with Gasteiger partial charge in [-0.2, -0.15) is 8.78 Å². The lowest BCUT2D eigenvalue weighted by molar-refractivity contribution is -0.188. The van der Waals surface area contributed by atoms with Gasteiger partial charge in [-0.25, -0.2) is 4.79 Å². The van der Waals surface area contributed by atoms with Crippen molar-refractivity contribution in [1.82, 2.24) is 0 Å². The first-order valence-corrected chi connectivity index (χ1v) is 4.60. The third kappa shape index (κ3) is 6.77. The van der Waals surface area contributed by atoms with Gasteiger partial charge < -0.3 is 9.84 Å². The van der Waals surface area contributed by atoms with Crippen molar-refractivity contribution in [2.75, 3.05) is 0 Å². The summed E-state index contributed by atoms with van der Waals surface area (Å²) in [4.78, 5) is 10.5. The molecule has 0 aliphatic rings. The van der Waals surface area contributed by atoms with Crippen molar-refractivity contribution in [2.45, 2.75) is 45.8 Å². The topological polar surface area (TPSA) is 46.5 Å². The minimum absolute atomic E-state index is 0.137. The van der Waals surface area contributed by atoms with E-state index < -0.39 is 18.7 Å². The van der Waals surface area contributed by atoms with Gasteiger partial charge in [0.05, 0.1) is 0 Å². The van der Waals surface area contributed by atoms with Gasteiger partial charge in [-0.3, -0.25) is 0 Å². The van der Waals surface area contributed by atoms with Crippen molar-refractivity contribution in [3.63, 3.8) is 0 Å². The zero-order chi connectivity index (χ0) is 11.1. The Bertz CT molecular complexity index is 171. The standard InChI is InChI=1S/C9H16F2O3/c1-6(2)4-3-5-7(8(12)13)14-9(10)11/h6-7,9H,3-5H2,1-2H3,(H,12,13). The molecule has 0 fully saturated rings. The summed E-state index contributed by atoms with van der Waals surface area (Å²) in [5.74, 6) is -0.884. The van der Waals surface area contributed by atoms with Crippen LogP contribution in [0.25, 0.3) is 0 Å². The maximum absolute atomic E-state index is 11.7. The largest absolute Gasteiger partial charge is 0.479 e. The molecule has 0 aromatic rings. The number of carbonyl (C=O) groups is 1. The van der Waals surface area contributed by atoms with E-state index in [1.165, 1.54) is 0 Å². The monoisotopic (exact) mass is 210 g/mol. The summed E-state index contributed by atoms with van der Waals surface area (Å²) in [5, 5.41) is 8.53. The number of ether oxygens (including phenoxy) is 1. The maximum Gasteiger partial charge on any atom is 0.346 e. The number of alkyl halides is 2. The molecule has 0 radical (unpaired) electrons. The van der Waals surface area contributed by atoms with Crippen LogP contribution in [0.15, 0.2) is 0 Å². The number of rotatable bonds is 7. The van der Waals surface area contributed by atoms with E-state index in [2.05, 4.69) is 4.74 Å². The van der Waals surface area contributed by atoms with Crippen LogP contribution in [-0.2, 0) is 9.53 Å². The van der Waals surface area contributed by atoms with Crippen LogP contribution in [0, 0.1) is 5.92 Å². The van der Waals surface area contributed by atoms with Crippen LogP contribution in [0.2, 0.25) is 0 Å². The lowest BCUT2D eigenvalue weighted by atomic mass is 10.0. The van der Waals surface area contributed by atoms with Crippen LogP contribution in [0.4, 0.5) is 8.78 Å². The minimum Gasteiger partial charge on any atom is -0.479 e. The highest BCUT2D eigenvalue weighted by Crippen LogP contribution is 2.13. The molecule has 14 heavy (non-hydrogen) atoms. The molecule has 3 nitrogen and oxygen atoms in total. The summed E-state index contributed by atoms with van der Waals surface area (Å²) in [7, 11) is 0. The molecule has 84 valence electrons. The Kier molecular flexibility index (Phi) is 6.36. The fraction of sp³-hybridized carbons (Fsp3) is 0.889. The average molecular weight is 210 g/mol. The van der Waals surface area contributed by atoms with Gasteiger partial charge in [-0.05, 0) is 18.8 Å². The normalized spacial score (nSPS) is 13.6. The molecule has 0 heterocycles. The maximum atomic E-state index is 11.7. The molecule has 0 amide bonds. The molecule has 0 bridgehead atoms. The fourth-order valence-corrected chi connectivity index (χ4v) is 1.09. The van der Waals surface area contributed by atoms with E-state index in [1.54, 1.807) is 0 Å². The summed E-state index contributed by atoms with van der Waals surface area (Å²) in [6.45, 7) is 0.961. The van der Waals surface area contributed by atoms with Gasteiger partial charge in [0.15, 0.2) is 6.10 Å². The highest BCUT2D eigenvalue weighted by molar-refractivity contribution is 5.72. The Hall–Kier alpha value is -0.710. The molecule has 0 aliphatic carbocycles. The Morgan fingerprint density at radius 3 is 2.29 bits per heavy atom. The summed E-state index contributed by atoms with van der Waals surface area (Å²) < 4.78 is 27.5. The van der Waals surface area contributed by atoms with E-state index in [4.69, 9.17) is 5.11 Å².